The molecule has 1 aromatic carbocycles. The molecule has 3 amide bonds. The minimum absolute atomic E-state index is 0.0292. The number of rotatable bonds is 2. The van der Waals surface area contributed by atoms with E-state index in [-0.39, 0.29) is 11.9 Å². The first-order chi connectivity index (χ1) is 13.6. The second-order valence-electron chi connectivity index (χ2n) is 6.99. The van der Waals surface area contributed by atoms with E-state index in [1.807, 2.05) is 40.1 Å². The van der Waals surface area contributed by atoms with Crippen molar-refractivity contribution < 1.29 is 18.8 Å². The number of morpholine rings is 1. The van der Waals surface area contributed by atoms with Crippen LogP contribution in [0.3, 0.4) is 0 Å². The molecular weight excluding hydrogens is 360 g/mol. The average Bonchev–Trinajstić information content (AvgIpc) is 3.15. The highest BCUT2D eigenvalue weighted by Gasteiger charge is 2.31. The van der Waals surface area contributed by atoms with Crippen LogP contribution in [0.15, 0.2) is 34.9 Å². The lowest BCUT2D eigenvalue weighted by atomic mass is 10.0. The number of benzene rings is 1. The molecule has 8 heteroatoms. The van der Waals surface area contributed by atoms with E-state index in [0.29, 0.717) is 69.5 Å². The number of hydrogen-bond donors (Lipinski definition) is 0. The zero-order chi connectivity index (χ0) is 19.5. The second-order valence-corrected chi connectivity index (χ2v) is 6.99. The molecule has 0 unspecified atom stereocenters. The first-order valence-corrected chi connectivity index (χ1v) is 9.57. The van der Waals surface area contributed by atoms with Crippen LogP contribution in [0.4, 0.5) is 4.79 Å². The predicted molar refractivity (Wildman–Crippen MR) is 102 cm³/mol. The molecule has 0 aliphatic carbocycles. The van der Waals surface area contributed by atoms with Crippen LogP contribution in [0.5, 0.6) is 0 Å². The van der Waals surface area contributed by atoms with E-state index in [1.54, 1.807) is 11.8 Å². The van der Waals surface area contributed by atoms with Crippen LogP contribution in [-0.4, -0.2) is 84.3 Å². The van der Waals surface area contributed by atoms with Crippen LogP contribution in [0.1, 0.15) is 16.1 Å². The monoisotopic (exact) mass is 384 g/mol. The third-order valence-corrected chi connectivity index (χ3v) is 5.24. The van der Waals surface area contributed by atoms with Gasteiger partial charge in [-0.15, -0.1) is 0 Å². The van der Waals surface area contributed by atoms with Gasteiger partial charge in [0, 0.05) is 44.8 Å². The smallest absolute Gasteiger partial charge is 0.320 e. The standard InChI is InChI=1S/C20H24N4O4/c1-15-17(18(21-28-15)16-5-3-2-4-6-16)19(25)22-7-9-23(10-8-22)20(26)24-11-13-27-14-12-24/h2-6H,7-14H2,1H3. The van der Waals surface area contributed by atoms with Crippen molar-refractivity contribution in [3.8, 4) is 11.3 Å². The highest BCUT2D eigenvalue weighted by Crippen LogP contribution is 2.26. The number of aryl methyl sites for hydroxylation is 1. The maximum atomic E-state index is 13.1. The molecule has 2 fully saturated rings. The molecule has 1 aromatic heterocycles. The Morgan fingerprint density at radius 1 is 0.893 bits per heavy atom. The van der Waals surface area contributed by atoms with Gasteiger partial charge in [-0.25, -0.2) is 4.79 Å². The molecule has 4 rings (SSSR count). The number of carbonyl (C=O) groups is 2. The lowest BCUT2D eigenvalue weighted by molar-refractivity contribution is 0.0362. The SMILES string of the molecule is Cc1onc(-c2ccccc2)c1C(=O)N1CCN(C(=O)N2CCOCC2)CC1. The summed E-state index contributed by atoms with van der Waals surface area (Å²) in [5, 5.41) is 4.10. The Morgan fingerprint density at radius 3 is 2.18 bits per heavy atom. The topological polar surface area (TPSA) is 79.1 Å². The fraction of sp³-hybridized carbons (Fsp3) is 0.450. The first-order valence-electron chi connectivity index (χ1n) is 9.57. The van der Waals surface area contributed by atoms with E-state index in [1.165, 1.54) is 0 Å². The number of ether oxygens (including phenoxy) is 1. The number of nitrogens with zero attached hydrogens (tertiary/aromatic N) is 4. The maximum Gasteiger partial charge on any atom is 0.320 e. The fourth-order valence-corrected chi connectivity index (χ4v) is 3.63. The predicted octanol–water partition coefficient (Wildman–Crippen LogP) is 1.86. The van der Waals surface area contributed by atoms with E-state index in [9.17, 15) is 9.59 Å². The summed E-state index contributed by atoms with van der Waals surface area (Å²) in [5.74, 6) is 0.409. The van der Waals surface area contributed by atoms with Gasteiger partial charge in [-0.3, -0.25) is 4.79 Å². The van der Waals surface area contributed by atoms with E-state index < -0.39 is 0 Å². The highest BCUT2D eigenvalue weighted by atomic mass is 16.5. The number of hydrogen-bond acceptors (Lipinski definition) is 5. The Balaban J connectivity index is 1.44. The van der Waals surface area contributed by atoms with Crippen LogP contribution in [0.25, 0.3) is 11.3 Å². The Bertz CT molecular complexity index is 837. The number of amides is 3. The van der Waals surface area contributed by atoms with Gasteiger partial charge in [0.1, 0.15) is 17.0 Å². The molecule has 0 spiro atoms. The van der Waals surface area contributed by atoms with Gasteiger partial charge in [0.05, 0.1) is 13.2 Å². The Labute approximate surface area is 163 Å². The molecule has 28 heavy (non-hydrogen) atoms. The molecular formula is C20H24N4O4. The molecule has 0 radical (unpaired) electrons. The van der Waals surface area contributed by atoms with Crippen LogP contribution in [0.2, 0.25) is 0 Å². The average molecular weight is 384 g/mol. The molecule has 2 saturated heterocycles. The normalized spacial score (nSPS) is 17.7. The third-order valence-electron chi connectivity index (χ3n) is 5.24. The van der Waals surface area contributed by atoms with Gasteiger partial charge in [-0.2, -0.15) is 0 Å². The summed E-state index contributed by atoms with van der Waals surface area (Å²) in [6.45, 7) is 6.20. The summed E-state index contributed by atoms with van der Waals surface area (Å²) < 4.78 is 10.6. The summed E-state index contributed by atoms with van der Waals surface area (Å²) in [6.07, 6.45) is 0. The fourth-order valence-electron chi connectivity index (χ4n) is 3.63. The Kier molecular flexibility index (Phi) is 5.29. The van der Waals surface area contributed by atoms with E-state index in [4.69, 9.17) is 9.26 Å². The molecule has 2 aliphatic rings. The number of urea groups is 1. The van der Waals surface area contributed by atoms with E-state index >= 15 is 0 Å². The van der Waals surface area contributed by atoms with E-state index in [0.717, 1.165) is 5.56 Å². The van der Waals surface area contributed by atoms with Crippen LogP contribution >= 0.6 is 0 Å². The molecule has 2 aromatic rings. The minimum atomic E-state index is -0.101. The van der Waals surface area contributed by atoms with Crippen LogP contribution in [-0.2, 0) is 4.74 Å². The summed E-state index contributed by atoms with van der Waals surface area (Å²) in [6, 6.07) is 9.58. The van der Waals surface area contributed by atoms with Crippen molar-refractivity contribution in [1.82, 2.24) is 19.9 Å². The van der Waals surface area contributed by atoms with Gasteiger partial charge in [0.25, 0.3) is 5.91 Å². The minimum Gasteiger partial charge on any atom is -0.378 e. The summed E-state index contributed by atoms with van der Waals surface area (Å²) in [4.78, 5) is 31.2. The van der Waals surface area contributed by atoms with Crippen molar-refractivity contribution in [2.75, 3.05) is 52.5 Å². The van der Waals surface area contributed by atoms with Gasteiger partial charge in [-0.1, -0.05) is 35.5 Å². The summed E-state index contributed by atoms with van der Waals surface area (Å²) >= 11 is 0. The molecule has 0 saturated carbocycles. The van der Waals surface area contributed by atoms with Gasteiger partial charge in [-0.05, 0) is 6.92 Å². The highest BCUT2D eigenvalue weighted by molar-refractivity contribution is 6.00. The zero-order valence-corrected chi connectivity index (χ0v) is 16.0. The first kappa shape index (κ1) is 18.5. The van der Waals surface area contributed by atoms with Crippen molar-refractivity contribution in [2.45, 2.75) is 6.92 Å². The van der Waals surface area contributed by atoms with E-state index in [2.05, 4.69) is 5.16 Å². The summed E-state index contributed by atoms with van der Waals surface area (Å²) in [5.41, 5.74) is 1.91. The maximum absolute atomic E-state index is 13.1. The van der Waals surface area contributed by atoms with Gasteiger partial charge < -0.3 is 24.0 Å². The van der Waals surface area contributed by atoms with Crippen molar-refractivity contribution in [3.05, 3.63) is 41.7 Å². The molecule has 0 N–H and O–H groups in total. The van der Waals surface area contributed by atoms with Crippen molar-refractivity contribution in [1.29, 1.82) is 0 Å². The lowest BCUT2D eigenvalue weighted by Crippen LogP contribution is -2.55. The Morgan fingerprint density at radius 2 is 1.50 bits per heavy atom. The third kappa shape index (κ3) is 3.60. The van der Waals surface area contributed by atoms with Gasteiger partial charge in [0.2, 0.25) is 0 Å². The van der Waals surface area contributed by atoms with Crippen LogP contribution in [0, 0.1) is 6.92 Å². The molecule has 148 valence electrons. The molecule has 3 heterocycles. The van der Waals surface area contributed by atoms with Crippen molar-refractivity contribution in [2.24, 2.45) is 0 Å². The lowest BCUT2D eigenvalue weighted by Gasteiger charge is -2.38. The zero-order valence-electron chi connectivity index (χ0n) is 16.0. The largest absolute Gasteiger partial charge is 0.378 e. The summed E-state index contributed by atoms with van der Waals surface area (Å²) in [7, 11) is 0. The quantitative estimate of drug-likeness (QED) is 0.790. The van der Waals surface area contributed by atoms with Gasteiger partial charge in [0.15, 0.2) is 0 Å². The number of piperazine rings is 1. The van der Waals surface area contributed by atoms with Crippen molar-refractivity contribution >= 4 is 11.9 Å². The number of carbonyl (C=O) groups excluding carboxylic acids is 2. The molecule has 0 bridgehead atoms. The van der Waals surface area contributed by atoms with Gasteiger partial charge >= 0.3 is 6.03 Å². The van der Waals surface area contributed by atoms with Crippen molar-refractivity contribution in [3.63, 3.8) is 0 Å². The molecule has 0 atom stereocenters. The van der Waals surface area contributed by atoms with Crippen LogP contribution < -0.4 is 0 Å². The molecule has 8 nitrogen and oxygen atoms in total. The second kappa shape index (κ2) is 8.02. The molecule has 2 aliphatic heterocycles. The Hall–Kier alpha value is -2.87. The number of aromatic nitrogens is 1.